The van der Waals surface area contributed by atoms with Crippen LogP contribution in [0.4, 0.5) is 0 Å². The van der Waals surface area contributed by atoms with E-state index in [0.717, 1.165) is 22.4 Å². The predicted molar refractivity (Wildman–Crippen MR) is 113 cm³/mol. The molecule has 146 valence electrons. The summed E-state index contributed by atoms with van der Waals surface area (Å²) in [6.07, 6.45) is 0. The highest BCUT2D eigenvalue weighted by atomic mass is 16.5. The van der Waals surface area contributed by atoms with E-state index in [-0.39, 0.29) is 5.43 Å². The summed E-state index contributed by atoms with van der Waals surface area (Å²) in [5.41, 5.74) is 3.17. The first-order chi connectivity index (χ1) is 14.1. The smallest absolute Gasteiger partial charge is 0.193 e. The molecule has 4 aromatic rings. The van der Waals surface area contributed by atoms with Crippen LogP contribution < -0.4 is 19.6 Å². The van der Waals surface area contributed by atoms with Crippen LogP contribution in [0.2, 0.25) is 0 Å². The molecule has 0 unspecified atom stereocenters. The van der Waals surface area contributed by atoms with Crippen LogP contribution in [0.1, 0.15) is 0 Å². The van der Waals surface area contributed by atoms with Crippen LogP contribution in [0.15, 0.2) is 75.9 Å². The lowest BCUT2D eigenvalue weighted by atomic mass is 10.0. The number of fused-ring (bicyclic) bond motifs is 1. The average molecular weight is 388 g/mol. The van der Waals surface area contributed by atoms with Gasteiger partial charge >= 0.3 is 0 Å². The summed E-state index contributed by atoms with van der Waals surface area (Å²) in [7, 11) is 4.72. The number of hydrogen-bond acceptors (Lipinski definition) is 5. The zero-order valence-corrected chi connectivity index (χ0v) is 16.4. The molecule has 0 saturated heterocycles. The molecule has 0 radical (unpaired) electrons. The highest BCUT2D eigenvalue weighted by Crippen LogP contribution is 2.33. The lowest BCUT2D eigenvalue weighted by molar-refractivity contribution is 0.355. The zero-order chi connectivity index (χ0) is 20.4. The van der Waals surface area contributed by atoms with Crippen molar-refractivity contribution >= 4 is 11.0 Å². The molecule has 3 aromatic carbocycles. The molecule has 0 aliphatic heterocycles. The molecule has 0 fully saturated rings. The molecule has 0 atom stereocenters. The first-order valence-corrected chi connectivity index (χ1v) is 9.07. The Morgan fingerprint density at radius 3 is 2.07 bits per heavy atom. The fourth-order valence-corrected chi connectivity index (χ4v) is 3.26. The van der Waals surface area contributed by atoms with Crippen LogP contribution in [-0.4, -0.2) is 21.3 Å². The molecular formula is C24H20O5. The second-order valence-corrected chi connectivity index (χ2v) is 6.49. The van der Waals surface area contributed by atoms with E-state index in [1.165, 1.54) is 13.2 Å². The largest absolute Gasteiger partial charge is 0.497 e. The van der Waals surface area contributed by atoms with E-state index in [9.17, 15) is 4.79 Å². The van der Waals surface area contributed by atoms with Gasteiger partial charge in [0.15, 0.2) is 16.9 Å². The number of rotatable bonds is 5. The molecule has 0 aliphatic carbocycles. The van der Waals surface area contributed by atoms with E-state index >= 15 is 0 Å². The second-order valence-electron chi connectivity index (χ2n) is 6.49. The average Bonchev–Trinajstić information content (AvgIpc) is 2.78. The zero-order valence-electron chi connectivity index (χ0n) is 16.4. The standard InChI is InChI=1S/C24H20O5/c1-26-18-9-7-15(8-10-18)16-5-4-6-17(11-16)21-13-20(25)19-12-23(27-2)24(28-3)14-22(19)29-21/h4-14H,1-3H3. The first kappa shape index (κ1) is 18.6. The molecule has 1 heterocycles. The maximum Gasteiger partial charge on any atom is 0.193 e. The maximum atomic E-state index is 12.7. The topological polar surface area (TPSA) is 57.9 Å². The fourth-order valence-electron chi connectivity index (χ4n) is 3.26. The van der Waals surface area contributed by atoms with Crippen LogP contribution in [0.3, 0.4) is 0 Å². The van der Waals surface area contributed by atoms with Crippen molar-refractivity contribution in [1.29, 1.82) is 0 Å². The molecule has 1 aromatic heterocycles. The van der Waals surface area contributed by atoms with Gasteiger partial charge in [-0.05, 0) is 35.4 Å². The van der Waals surface area contributed by atoms with Crippen molar-refractivity contribution < 1.29 is 18.6 Å². The number of ether oxygens (including phenoxy) is 3. The lowest BCUT2D eigenvalue weighted by Crippen LogP contribution is -2.02. The Balaban J connectivity index is 1.81. The molecule has 4 rings (SSSR count). The third-order valence-electron chi connectivity index (χ3n) is 4.80. The van der Waals surface area contributed by atoms with Gasteiger partial charge in [-0.3, -0.25) is 4.79 Å². The Kier molecular flexibility index (Phi) is 4.96. The lowest BCUT2D eigenvalue weighted by Gasteiger charge is -2.10. The Hall–Kier alpha value is -3.73. The Labute approximate surface area is 168 Å². The quantitative estimate of drug-likeness (QED) is 0.473. The second kappa shape index (κ2) is 7.72. The van der Waals surface area contributed by atoms with Gasteiger partial charge in [0, 0.05) is 17.7 Å². The van der Waals surface area contributed by atoms with Crippen molar-refractivity contribution in [1.82, 2.24) is 0 Å². The van der Waals surface area contributed by atoms with E-state index < -0.39 is 0 Å². The Morgan fingerprint density at radius 2 is 1.38 bits per heavy atom. The minimum atomic E-state index is -0.142. The van der Waals surface area contributed by atoms with Gasteiger partial charge in [0.1, 0.15) is 17.1 Å². The summed E-state index contributed by atoms with van der Waals surface area (Å²) in [6.45, 7) is 0. The molecule has 0 aliphatic rings. The number of methoxy groups -OCH3 is 3. The molecule has 0 spiro atoms. The van der Waals surface area contributed by atoms with Crippen LogP contribution >= 0.6 is 0 Å². The van der Waals surface area contributed by atoms with Crippen LogP contribution in [0, 0.1) is 0 Å². The summed E-state index contributed by atoms with van der Waals surface area (Å²) in [4.78, 5) is 12.7. The van der Waals surface area contributed by atoms with Gasteiger partial charge in [-0.15, -0.1) is 0 Å². The van der Waals surface area contributed by atoms with Crippen LogP contribution in [0.25, 0.3) is 33.4 Å². The van der Waals surface area contributed by atoms with E-state index in [1.807, 2.05) is 48.5 Å². The van der Waals surface area contributed by atoms with Gasteiger partial charge < -0.3 is 18.6 Å². The summed E-state index contributed by atoms with van der Waals surface area (Å²) < 4.78 is 21.9. The van der Waals surface area contributed by atoms with Gasteiger partial charge in [0.05, 0.1) is 26.7 Å². The predicted octanol–water partition coefficient (Wildman–Crippen LogP) is 5.15. The van der Waals surface area contributed by atoms with Gasteiger partial charge in [-0.1, -0.05) is 30.3 Å². The summed E-state index contributed by atoms with van der Waals surface area (Å²) in [5, 5.41) is 0.442. The monoisotopic (exact) mass is 388 g/mol. The molecule has 29 heavy (non-hydrogen) atoms. The third kappa shape index (κ3) is 3.55. The molecule has 0 amide bonds. The van der Waals surface area contributed by atoms with Crippen molar-refractivity contribution in [2.75, 3.05) is 21.3 Å². The summed E-state index contributed by atoms with van der Waals surface area (Å²) >= 11 is 0. The van der Waals surface area contributed by atoms with Gasteiger partial charge in [0.25, 0.3) is 0 Å². The SMILES string of the molecule is COc1ccc(-c2cccc(-c3cc(=O)c4cc(OC)c(OC)cc4o3)c2)cc1. The number of hydrogen-bond donors (Lipinski definition) is 0. The van der Waals surface area contributed by atoms with E-state index in [4.69, 9.17) is 18.6 Å². The highest BCUT2D eigenvalue weighted by molar-refractivity contribution is 5.83. The fraction of sp³-hybridized carbons (Fsp3) is 0.125. The Morgan fingerprint density at radius 1 is 0.690 bits per heavy atom. The molecular weight excluding hydrogens is 368 g/mol. The molecule has 0 saturated carbocycles. The van der Waals surface area contributed by atoms with Gasteiger partial charge in [-0.2, -0.15) is 0 Å². The van der Waals surface area contributed by atoms with E-state index in [2.05, 4.69) is 0 Å². The minimum absolute atomic E-state index is 0.142. The Bertz CT molecular complexity index is 1220. The summed E-state index contributed by atoms with van der Waals surface area (Å²) in [5.74, 6) is 2.29. The highest BCUT2D eigenvalue weighted by Gasteiger charge is 2.13. The van der Waals surface area contributed by atoms with Gasteiger partial charge in [-0.25, -0.2) is 0 Å². The van der Waals surface area contributed by atoms with Crippen molar-refractivity contribution in [2.45, 2.75) is 0 Å². The first-order valence-electron chi connectivity index (χ1n) is 9.07. The number of benzene rings is 3. The molecule has 5 heteroatoms. The maximum absolute atomic E-state index is 12.7. The van der Waals surface area contributed by atoms with Crippen molar-refractivity contribution in [2.24, 2.45) is 0 Å². The van der Waals surface area contributed by atoms with Crippen molar-refractivity contribution in [3.63, 3.8) is 0 Å². The van der Waals surface area contributed by atoms with Crippen molar-refractivity contribution in [3.8, 4) is 39.7 Å². The molecule has 0 N–H and O–H groups in total. The van der Waals surface area contributed by atoms with Crippen molar-refractivity contribution in [3.05, 3.63) is 77.0 Å². The third-order valence-corrected chi connectivity index (χ3v) is 4.80. The minimum Gasteiger partial charge on any atom is -0.497 e. The molecule has 5 nitrogen and oxygen atoms in total. The normalized spacial score (nSPS) is 10.7. The van der Waals surface area contributed by atoms with E-state index in [0.29, 0.717) is 28.2 Å². The van der Waals surface area contributed by atoms with E-state index in [1.54, 1.807) is 26.4 Å². The van der Waals surface area contributed by atoms with Crippen LogP contribution in [0.5, 0.6) is 17.2 Å². The van der Waals surface area contributed by atoms with Gasteiger partial charge in [0.2, 0.25) is 0 Å². The molecule has 0 bridgehead atoms. The summed E-state index contributed by atoms with van der Waals surface area (Å²) in [6, 6.07) is 20.5. The van der Waals surface area contributed by atoms with Crippen LogP contribution in [-0.2, 0) is 0 Å².